The Balaban J connectivity index is 2.39. The first kappa shape index (κ1) is 13.9. The van der Waals surface area contributed by atoms with Crippen molar-refractivity contribution in [1.29, 1.82) is 0 Å². The number of rotatable bonds is 3. The lowest BCUT2D eigenvalue weighted by Gasteiger charge is -2.14. The van der Waals surface area contributed by atoms with Crippen molar-refractivity contribution in [2.75, 3.05) is 0 Å². The molecule has 0 aliphatic carbocycles. The van der Waals surface area contributed by atoms with E-state index < -0.39 is 5.82 Å². The fourth-order valence-corrected chi connectivity index (χ4v) is 2.07. The monoisotopic (exact) mass is 278 g/mol. The molecule has 0 aromatic heterocycles. The van der Waals surface area contributed by atoms with Gasteiger partial charge in [0.2, 0.25) is 0 Å². The molecule has 0 radical (unpaired) electrons. The van der Waals surface area contributed by atoms with E-state index in [1.54, 1.807) is 12.1 Å². The molecule has 0 spiro atoms. The van der Waals surface area contributed by atoms with Crippen LogP contribution >= 0.6 is 11.6 Å². The van der Waals surface area contributed by atoms with Crippen LogP contribution in [0.5, 0.6) is 11.5 Å². The minimum atomic E-state index is -0.390. The van der Waals surface area contributed by atoms with E-state index in [2.05, 4.69) is 0 Å². The van der Waals surface area contributed by atoms with Crippen LogP contribution in [0.2, 0.25) is 0 Å². The van der Waals surface area contributed by atoms with Crippen LogP contribution in [0, 0.1) is 26.6 Å². The van der Waals surface area contributed by atoms with Crippen molar-refractivity contribution in [3.05, 3.63) is 58.4 Å². The van der Waals surface area contributed by atoms with Gasteiger partial charge in [-0.15, -0.1) is 11.6 Å². The van der Waals surface area contributed by atoms with Gasteiger partial charge in [0.15, 0.2) is 11.6 Å². The summed E-state index contributed by atoms with van der Waals surface area (Å²) in [6.45, 7) is 5.93. The Morgan fingerprint density at radius 2 is 1.74 bits per heavy atom. The van der Waals surface area contributed by atoms with Gasteiger partial charge in [0.05, 0.1) is 0 Å². The molecule has 3 heteroatoms. The zero-order valence-electron chi connectivity index (χ0n) is 11.3. The molecule has 2 aromatic rings. The number of benzene rings is 2. The van der Waals surface area contributed by atoms with E-state index in [1.165, 1.54) is 6.07 Å². The molecule has 100 valence electrons. The third-order valence-electron chi connectivity index (χ3n) is 3.24. The van der Waals surface area contributed by atoms with Crippen LogP contribution in [0.4, 0.5) is 4.39 Å². The summed E-state index contributed by atoms with van der Waals surface area (Å²) in [7, 11) is 0. The Morgan fingerprint density at radius 3 is 2.37 bits per heavy atom. The van der Waals surface area contributed by atoms with E-state index in [-0.39, 0.29) is 5.75 Å². The molecule has 0 fully saturated rings. The van der Waals surface area contributed by atoms with E-state index in [4.69, 9.17) is 16.3 Å². The Hall–Kier alpha value is -1.54. The molecular weight excluding hydrogens is 263 g/mol. The van der Waals surface area contributed by atoms with Crippen molar-refractivity contribution in [2.45, 2.75) is 26.7 Å². The zero-order valence-corrected chi connectivity index (χ0v) is 12.0. The number of aryl methyl sites for hydroxylation is 2. The second-order valence-corrected chi connectivity index (χ2v) is 4.92. The lowest BCUT2D eigenvalue weighted by molar-refractivity contribution is 0.436. The summed E-state index contributed by atoms with van der Waals surface area (Å²) in [5.41, 5.74) is 3.88. The first-order chi connectivity index (χ1) is 9.02. The van der Waals surface area contributed by atoms with Crippen molar-refractivity contribution in [1.82, 2.24) is 0 Å². The van der Waals surface area contributed by atoms with Gasteiger partial charge in [-0.2, -0.15) is 0 Å². The summed E-state index contributed by atoms with van der Waals surface area (Å²) < 4.78 is 19.6. The molecule has 0 heterocycles. The molecule has 0 saturated heterocycles. The summed E-state index contributed by atoms with van der Waals surface area (Å²) >= 11 is 5.68. The first-order valence-corrected chi connectivity index (χ1v) is 6.65. The Bertz CT molecular complexity index is 608. The molecule has 19 heavy (non-hydrogen) atoms. The highest BCUT2D eigenvalue weighted by atomic mass is 35.5. The fraction of sp³-hybridized carbons (Fsp3) is 0.250. The lowest BCUT2D eigenvalue weighted by atomic mass is 10.1. The largest absolute Gasteiger partial charge is 0.454 e. The molecule has 2 rings (SSSR count). The molecule has 0 aliphatic rings. The van der Waals surface area contributed by atoms with Crippen molar-refractivity contribution >= 4 is 11.6 Å². The Labute approximate surface area is 118 Å². The van der Waals surface area contributed by atoms with Crippen LogP contribution in [0.15, 0.2) is 30.3 Å². The number of hydrogen-bond acceptors (Lipinski definition) is 1. The molecule has 0 amide bonds. The maximum atomic E-state index is 13.9. The highest BCUT2D eigenvalue weighted by Crippen LogP contribution is 2.32. The average molecular weight is 279 g/mol. The van der Waals surface area contributed by atoms with Crippen LogP contribution in [0.1, 0.15) is 22.3 Å². The summed E-state index contributed by atoms with van der Waals surface area (Å²) in [6, 6.07) is 8.80. The van der Waals surface area contributed by atoms with E-state index >= 15 is 0 Å². The van der Waals surface area contributed by atoms with Crippen molar-refractivity contribution in [3.63, 3.8) is 0 Å². The van der Waals surface area contributed by atoms with Gasteiger partial charge < -0.3 is 4.74 Å². The van der Waals surface area contributed by atoms with Crippen LogP contribution in [-0.4, -0.2) is 0 Å². The topological polar surface area (TPSA) is 9.23 Å². The number of hydrogen-bond donors (Lipinski definition) is 0. The van der Waals surface area contributed by atoms with Gasteiger partial charge in [0.25, 0.3) is 0 Å². The predicted molar refractivity (Wildman–Crippen MR) is 76.7 cm³/mol. The second-order valence-electron chi connectivity index (χ2n) is 4.65. The summed E-state index contributed by atoms with van der Waals surface area (Å²) in [5.74, 6) is 0.848. The van der Waals surface area contributed by atoms with Gasteiger partial charge >= 0.3 is 0 Å². The van der Waals surface area contributed by atoms with Gasteiger partial charge in [0, 0.05) is 5.88 Å². The van der Waals surface area contributed by atoms with Gasteiger partial charge in [-0.1, -0.05) is 18.2 Å². The molecule has 0 unspecified atom stereocenters. The summed E-state index contributed by atoms with van der Waals surface area (Å²) in [5, 5.41) is 0. The standard InChI is InChI=1S/C16H16ClFO/c1-10-4-5-11(2)16(12(10)3)19-15-7-6-13(9-17)8-14(15)18/h4-8H,9H2,1-3H3. The van der Waals surface area contributed by atoms with E-state index in [0.29, 0.717) is 5.88 Å². The molecular formula is C16H16ClFO. The Morgan fingerprint density at radius 1 is 1.05 bits per heavy atom. The van der Waals surface area contributed by atoms with Gasteiger partial charge in [-0.3, -0.25) is 0 Å². The molecule has 0 atom stereocenters. The fourth-order valence-electron chi connectivity index (χ4n) is 1.90. The van der Waals surface area contributed by atoms with Crippen LogP contribution in [0.3, 0.4) is 0 Å². The highest BCUT2D eigenvalue weighted by Gasteiger charge is 2.11. The molecule has 0 aliphatic heterocycles. The molecule has 0 N–H and O–H groups in total. The SMILES string of the molecule is Cc1ccc(C)c(Oc2ccc(CCl)cc2F)c1C. The number of alkyl halides is 1. The zero-order chi connectivity index (χ0) is 14.0. The number of ether oxygens (including phenoxy) is 1. The van der Waals surface area contributed by atoms with Crippen LogP contribution in [0.25, 0.3) is 0 Å². The normalized spacial score (nSPS) is 10.6. The van der Waals surface area contributed by atoms with Crippen LogP contribution < -0.4 is 4.74 Å². The summed E-state index contributed by atoms with van der Waals surface area (Å²) in [4.78, 5) is 0. The van der Waals surface area contributed by atoms with Crippen molar-refractivity contribution < 1.29 is 9.13 Å². The summed E-state index contributed by atoms with van der Waals surface area (Å²) in [6.07, 6.45) is 0. The predicted octanol–water partition coefficient (Wildman–Crippen LogP) is 5.28. The van der Waals surface area contributed by atoms with Crippen molar-refractivity contribution in [3.8, 4) is 11.5 Å². The van der Waals surface area contributed by atoms with E-state index in [1.807, 2.05) is 32.9 Å². The smallest absolute Gasteiger partial charge is 0.166 e. The second kappa shape index (κ2) is 5.62. The Kier molecular flexibility index (Phi) is 4.11. The van der Waals surface area contributed by atoms with Gasteiger partial charge in [0.1, 0.15) is 5.75 Å². The molecule has 2 aromatic carbocycles. The van der Waals surface area contributed by atoms with Crippen LogP contribution in [-0.2, 0) is 5.88 Å². The molecule has 0 saturated carbocycles. The van der Waals surface area contributed by atoms with Crippen molar-refractivity contribution in [2.24, 2.45) is 0 Å². The minimum absolute atomic E-state index is 0.227. The highest BCUT2D eigenvalue weighted by molar-refractivity contribution is 6.17. The minimum Gasteiger partial charge on any atom is -0.454 e. The molecule has 1 nitrogen and oxygen atoms in total. The maximum Gasteiger partial charge on any atom is 0.166 e. The van der Waals surface area contributed by atoms with Gasteiger partial charge in [-0.25, -0.2) is 4.39 Å². The van der Waals surface area contributed by atoms with Gasteiger partial charge in [-0.05, 0) is 55.2 Å². The third kappa shape index (κ3) is 2.90. The lowest BCUT2D eigenvalue weighted by Crippen LogP contribution is -1.96. The maximum absolute atomic E-state index is 13.9. The van der Waals surface area contributed by atoms with E-state index in [9.17, 15) is 4.39 Å². The average Bonchev–Trinajstić information content (AvgIpc) is 2.40. The number of halogens is 2. The molecule has 0 bridgehead atoms. The quantitative estimate of drug-likeness (QED) is 0.694. The first-order valence-electron chi connectivity index (χ1n) is 6.12. The van der Waals surface area contributed by atoms with E-state index in [0.717, 1.165) is 28.0 Å². The third-order valence-corrected chi connectivity index (χ3v) is 3.54.